The van der Waals surface area contributed by atoms with Gasteiger partial charge in [-0.05, 0) is 6.42 Å². The lowest BCUT2D eigenvalue weighted by Gasteiger charge is -2.44. The molecule has 0 spiro atoms. The Morgan fingerprint density at radius 2 is 1.63 bits per heavy atom. The van der Waals surface area contributed by atoms with E-state index in [-0.39, 0.29) is 13.0 Å². The van der Waals surface area contributed by atoms with Gasteiger partial charge in [0.1, 0.15) is 36.6 Å². The van der Waals surface area contributed by atoms with Crippen LogP contribution in [-0.4, -0.2) is 116 Å². The van der Waals surface area contributed by atoms with Gasteiger partial charge in [0.05, 0.1) is 31.7 Å². The molecule has 2 saturated heterocycles. The highest BCUT2D eigenvalue weighted by atomic mass is 32.3. The van der Waals surface area contributed by atoms with Crippen LogP contribution in [0.3, 0.4) is 0 Å². The predicted molar refractivity (Wildman–Crippen MR) is 92.6 cm³/mol. The van der Waals surface area contributed by atoms with Gasteiger partial charge in [-0.15, -0.1) is 0 Å². The maximum Gasteiger partial charge on any atom is 0.397 e. The van der Waals surface area contributed by atoms with Gasteiger partial charge in [0.25, 0.3) is 10.1 Å². The van der Waals surface area contributed by atoms with Crippen LogP contribution in [0.5, 0.6) is 0 Å². The molecule has 2 bridgehead atoms. The van der Waals surface area contributed by atoms with Crippen LogP contribution in [0.1, 0.15) is 6.42 Å². The summed E-state index contributed by atoms with van der Waals surface area (Å²) >= 11 is 0. The fourth-order valence-corrected chi connectivity index (χ4v) is 4.76. The van der Waals surface area contributed by atoms with Gasteiger partial charge >= 0.3 is 10.4 Å². The Hall–Kier alpha value is -0.500. The van der Waals surface area contributed by atoms with Gasteiger partial charge in [-0.2, -0.15) is 16.8 Å². The van der Waals surface area contributed by atoms with E-state index >= 15 is 0 Å². The van der Waals surface area contributed by atoms with Gasteiger partial charge < -0.3 is 34.6 Å². The highest BCUT2D eigenvalue weighted by molar-refractivity contribution is 7.86. The Balaban J connectivity index is 1.74. The molecule has 0 amide bonds. The summed E-state index contributed by atoms with van der Waals surface area (Å²) in [7, 11) is -8.81. The van der Waals surface area contributed by atoms with Crippen LogP contribution in [0, 0.1) is 5.92 Å². The highest BCUT2D eigenvalue weighted by Gasteiger charge is 2.54. The second kappa shape index (κ2) is 8.80. The quantitative estimate of drug-likeness (QED) is 0.174. The Bertz CT molecular complexity index is 814. The second-order valence-corrected chi connectivity index (χ2v) is 10.1. The third kappa shape index (κ3) is 5.45. The molecule has 0 aromatic carbocycles. The monoisotopic (exact) mass is 480 g/mol. The number of hydrogen-bond acceptors (Lipinski definition) is 13. The lowest BCUT2D eigenvalue weighted by Crippen LogP contribution is -2.62. The van der Waals surface area contributed by atoms with Gasteiger partial charge in [-0.3, -0.25) is 8.74 Å². The van der Waals surface area contributed by atoms with Crippen molar-refractivity contribution in [1.82, 2.24) is 0 Å². The van der Waals surface area contributed by atoms with Crippen molar-refractivity contribution < 1.29 is 64.4 Å². The number of aliphatic hydroxyl groups excluding tert-OH is 4. The molecule has 1 saturated carbocycles. The van der Waals surface area contributed by atoms with E-state index in [1.807, 2.05) is 0 Å². The fraction of sp³-hybridized carbons (Fsp3) is 1.00. The van der Waals surface area contributed by atoms with E-state index in [2.05, 4.69) is 4.18 Å². The van der Waals surface area contributed by atoms with Crippen LogP contribution in [0.4, 0.5) is 0 Å². The molecule has 4 unspecified atom stereocenters. The van der Waals surface area contributed by atoms with E-state index in [0.717, 1.165) is 6.26 Å². The third-order valence-corrected chi connectivity index (χ3v) is 6.20. The molecule has 2 aliphatic heterocycles. The van der Waals surface area contributed by atoms with E-state index < -0.39 is 88.2 Å². The second-order valence-electron chi connectivity index (χ2n) is 7.45. The molecular formula is C14H24O14S2. The van der Waals surface area contributed by atoms with Crippen molar-refractivity contribution in [3.8, 4) is 0 Å². The molecule has 30 heavy (non-hydrogen) atoms. The van der Waals surface area contributed by atoms with Crippen molar-refractivity contribution in [3.63, 3.8) is 0 Å². The summed E-state index contributed by atoms with van der Waals surface area (Å²) in [5, 5.41) is 40.8. The molecule has 14 nitrogen and oxygen atoms in total. The first-order valence-electron chi connectivity index (χ1n) is 8.91. The van der Waals surface area contributed by atoms with Crippen LogP contribution < -0.4 is 0 Å². The average Bonchev–Trinajstić information content (AvgIpc) is 3.06. The largest absolute Gasteiger partial charge is 0.397 e. The van der Waals surface area contributed by atoms with Gasteiger partial charge in [0, 0.05) is 5.92 Å². The van der Waals surface area contributed by atoms with Crippen molar-refractivity contribution in [2.24, 2.45) is 5.92 Å². The van der Waals surface area contributed by atoms with Gasteiger partial charge in [0.2, 0.25) is 0 Å². The van der Waals surface area contributed by atoms with Crippen LogP contribution in [0.15, 0.2) is 0 Å². The fourth-order valence-electron chi connectivity index (χ4n) is 3.81. The molecule has 16 heteroatoms. The smallest absolute Gasteiger partial charge is 0.388 e. The predicted octanol–water partition coefficient (Wildman–Crippen LogP) is -3.88. The minimum absolute atomic E-state index is 0.0965. The van der Waals surface area contributed by atoms with Crippen molar-refractivity contribution in [3.05, 3.63) is 0 Å². The van der Waals surface area contributed by atoms with Crippen molar-refractivity contribution >= 4 is 20.5 Å². The average molecular weight is 480 g/mol. The molecule has 0 aromatic rings. The SMILES string of the molecule is CS(=O)(=O)OC1[C@@H](O)[C@H](O[C@H]2OC(COS(=O)(=O)O)[C@@H](O)[C@H](O)C2O)C2CO[C@@H]1C2. The normalized spacial score (nSPS) is 44.9. The summed E-state index contributed by atoms with van der Waals surface area (Å²) in [6.07, 6.45) is -12.1. The summed E-state index contributed by atoms with van der Waals surface area (Å²) in [5.74, 6) is -0.420. The summed E-state index contributed by atoms with van der Waals surface area (Å²) in [6.45, 7) is -0.801. The first-order valence-corrected chi connectivity index (χ1v) is 12.1. The molecule has 0 aromatic heterocycles. The number of fused-ring (bicyclic) bond motifs is 2. The zero-order valence-corrected chi connectivity index (χ0v) is 17.3. The summed E-state index contributed by atoms with van der Waals surface area (Å²) in [6, 6.07) is 0. The Labute approximate surface area is 172 Å². The Morgan fingerprint density at radius 3 is 2.23 bits per heavy atom. The molecule has 2 heterocycles. The van der Waals surface area contributed by atoms with Crippen molar-refractivity contribution in [2.75, 3.05) is 19.5 Å². The van der Waals surface area contributed by atoms with Gasteiger partial charge in [0.15, 0.2) is 6.29 Å². The molecule has 3 aliphatic rings. The topological polar surface area (TPSA) is 216 Å². The van der Waals surface area contributed by atoms with E-state index in [1.165, 1.54) is 0 Å². The lowest BCUT2D eigenvalue weighted by molar-refractivity contribution is -0.323. The number of aliphatic hydroxyl groups is 4. The zero-order valence-electron chi connectivity index (χ0n) is 15.6. The van der Waals surface area contributed by atoms with E-state index in [0.29, 0.717) is 0 Å². The molecular weight excluding hydrogens is 456 g/mol. The summed E-state index contributed by atoms with van der Waals surface area (Å²) in [4.78, 5) is 0. The zero-order chi connectivity index (χ0) is 22.4. The van der Waals surface area contributed by atoms with Gasteiger partial charge in [-0.25, -0.2) is 4.18 Å². The molecule has 0 radical (unpaired) electrons. The third-order valence-electron chi connectivity index (χ3n) is 5.19. The first kappa shape index (κ1) is 24.1. The number of rotatable bonds is 7. The van der Waals surface area contributed by atoms with E-state index in [9.17, 15) is 37.3 Å². The minimum atomic E-state index is -4.87. The Morgan fingerprint density at radius 1 is 0.967 bits per heavy atom. The van der Waals surface area contributed by atoms with Crippen LogP contribution in [-0.2, 0) is 43.1 Å². The van der Waals surface area contributed by atoms with Gasteiger partial charge in [-0.1, -0.05) is 0 Å². The lowest BCUT2D eigenvalue weighted by atomic mass is 9.83. The summed E-state index contributed by atoms with van der Waals surface area (Å²) < 4.78 is 78.6. The van der Waals surface area contributed by atoms with Crippen molar-refractivity contribution in [1.29, 1.82) is 0 Å². The van der Waals surface area contributed by atoms with E-state index in [4.69, 9.17) is 22.9 Å². The van der Waals surface area contributed by atoms with Crippen molar-refractivity contribution in [2.45, 2.75) is 61.5 Å². The number of ether oxygens (including phenoxy) is 3. The highest BCUT2D eigenvalue weighted by Crippen LogP contribution is 2.39. The first-order chi connectivity index (χ1) is 13.8. The van der Waals surface area contributed by atoms with Crippen LogP contribution in [0.25, 0.3) is 0 Å². The molecule has 5 N–H and O–H groups in total. The maximum absolute atomic E-state index is 11.5. The summed E-state index contributed by atoms with van der Waals surface area (Å²) in [5.41, 5.74) is 0. The standard InChI is InChI=1S/C14H24O14S2/c1-29(19,20)28-13-6-2-5(3-24-6)12(11(13)18)27-14-10(17)9(16)8(15)7(26-14)4-25-30(21,22)23/h5-18H,2-4H2,1H3,(H,21,22,23)/t5?,6-,7?,8-,9+,10?,11+,12-,13?,14-/m1/s1. The molecule has 176 valence electrons. The minimum Gasteiger partial charge on any atom is -0.388 e. The number of hydrogen-bond donors (Lipinski definition) is 5. The molecule has 3 fully saturated rings. The molecule has 10 atom stereocenters. The molecule has 3 rings (SSSR count). The maximum atomic E-state index is 11.5. The van der Waals surface area contributed by atoms with Crippen LogP contribution in [0.2, 0.25) is 0 Å². The Kier molecular flexibility index (Phi) is 7.08. The van der Waals surface area contributed by atoms with E-state index in [1.54, 1.807) is 0 Å². The van der Waals surface area contributed by atoms with Crippen LogP contribution >= 0.6 is 0 Å². The molecule has 1 aliphatic carbocycles.